The van der Waals surface area contributed by atoms with Gasteiger partial charge in [0.25, 0.3) is 0 Å². The first kappa shape index (κ1) is 14.6. The fourth-order valence-electron chi connectivity index (χ4n) is 2.18. The lowest BCUT2D eigenvalue weighted by atomic mass is 10.0. The third-order valence-corrected chi connectivity index (χ3v) is 4.16. The van der Waals surface area contributed by atoms with Gasteiger partial charge in [0.15, 0.2) is 5.75 Å². The molecule has 0 bridgehead atoms. The topological polar surface area (TPSA) is 43.4 Å². The van der Waals surface area contributed by atoms with Crippen molar-refractivity contribution in [3.8, 4) is 5.75 Å². The van der Waals surface area contributed by atoms with Crippen molar-refractivity contribution in [1.82, 2.24) is 0 Å². The van der Waals surface area contributed by atoms with Crippen molar-refractivity contribution < 1.29 is 25.8 Å². The van der Waals surface area contributed by atoms with E-state index in [1.807, 2.05) is 12.1 Å². The lowest BCUT2D eigenvalue weighted by Gasteiger charge is -2.12. The minimum Gasteiger partial charge on any atom is -0.375 e. The number of hydrogen-bond acceptors (Lipinski definition) is 3. The van der Waals surface area contributed by atoms with E-state index < -0.39 is 15.6 Å². The molecule has 7 heteroatoms. The summed E-state index contributed by atoms with van der Waals surface area (Å²) in [4.78, 5) is 0. The molecule has 0 unspecified atom stereocenters. The maximum absolute atomic E-state index is 12.5. The van der Waals surface area contributed by atoms with Crippen molar-refractivity contribution in [2.75, 3.05) is 0 Å². The van der Waals surface area contributed by atoms with E-state index in [1.165, 1.54) is 12.1 Å². The predicted molar refractivity (Wildman–Crippen MR) is 77.1 cm³/mol. The SMILES string of the molecule is O=S(=O)(Oc1cccc2cc3ccccc3cc12)C(F)(F)F. The average Bonchev–Trinajstić information content (AvgIpc) is 2.44. The Kier molecular flexibility index (Phi) is 3.25. The van der Waals surface area contributed by atoms with Gasteiger partial charge in [-0.2, -0.15) is 21.6 Å². The van der Waals surface area contributed by atoms with Gasteiger partial charge < -0.3 is 4.18 Å². The quantitative estimate of drug-likeness (QED) is 0.402. The highest BCUT2D eigenvalue weighted by Crippen LogP contribution is 2.33. The summed E-state index contributed by atoms with van der Waals surface area (Å²) in [6.45, 7) is 0. The fourth-order valence-corrected chi connectivity index (χ4v) is 2.65. The average molecular weight is 326 g/mol. The number of halogens is 3. The molecule has 0 saturated heterocycles. The molecule has 0 spiro atoms. The highest BCUT2D eigenvalue weighted by molar-refractivity contribution is 7.88. The lowest BCUT2D eigenvalue weighted by molar-refractivity contribution is -0.0499. The first-order valence-electron chi connectivity index (χ1n) is 6.20. The molecular weight excluding hydrogens is 317 g/mol. The van der Waals surface area contributed by atoms with Crippen LogP contribution >= 0.6 is 0 Å². The van der Waals surface area contributed by atoms with Crippen molar-refractivity contribution >= 4 is 31.7 Å². The van der Waals surface area contributed by atoms with Crippen LogP contribution in [0, 0.1) is 0 Å². The second-order valence-corrected chi connectivity index (χ2v) is 6.20. The Morgan fingerprint density at radius 1 is 0.818 bits per heavy atom. The largest absolute Gasteiger partial charge is 0.534 e. The Balaban J connectivity index is 2.20. The van der Waals surface area contributed by atoms with Crippen LogP contribution < -0.4 is 4.18 Å². The number of benzene rings is 3. The highest BCUT2D eigenvalue weighted by Gasteiger charge is 2.48. The number of fused-ring (bicyclic) bond motifs is 2. The zero-order chi connectivity index (χ0) is 16.0. The van der Waals surface area contributed by atoms with Crippen LogP contribution in [-0.2, 0) is 10.1 Å². The van der Waals surface area contributed by atoms with Crippen LogP contribution in [0.15, 0.2) is 54.6 Å². The van der Waals surface area contributed by atoms with Gasteiger partial charge in [-0.25, -0.2) is 0 Å². The predicted octanol–water partition coefficient (Wildman–Crippen LogP) is 4.22. The number of alkyl halides is 3. The molecule has 22 heavy (non-hydrogen) atoms. The summed E-state index contributed by atoms with van der Waals surface area (Å²) in [5, 5.41) is 2.56. The standard InChI is InChI=1S/C15H9F3O3S/c16-15(17,18)22(19,20)21-14-7-3-6-12-8-10-4-1-2-5-11(10)9-13(12)14/h1-9H. The van der Waals surface area contributed by atoms with Gasteiger partial charge in [0.2, 0.25) is 0 Å². The zero-order valence-corrected chi connectivity index (χ0v) is 11.8. The van der Waals surface area contributed by atoms with Crippen LogP contribution in [-0.4, -0.2) is 13.9 Å². The van der Waals surface area contributed by atoms with Gasteiger partial charge in [-0.15, -0.1) is 0 Å². The van der Waals surface area contributed by atoms with Gasteiger partial charge >= 0.3 is 15.6 Å². The molecule has 0 heterocycles. The zero-order valence-electron chi connectivity index (χ0n) is 11.0. The minimum atomic E-state index is -5.70. The van der Waals surface area contributed by atoms with Gasteiger partial charge in [-0.3, -0.25) is 0 Å². The van der Waals surface area contributed by atoms with Crippen molar-refractivity contribution in [2.24, 2.45) is 0 Å². The summed E-state index contributed by atoms with van der Waals surface area (Å²) in [6.07, 6.45) is 0. The number of hydrogen-bond donors (Lipinski definition) is 0. The summed E-state index contributed by atoms with van der Waals surface area (Å²) < 4.78 is 64.0. The van der Waals surface area contributed by atoms with Gasteiger partial charge in [0.05, 0.1) is 0 Å². The van der Waals surface area contributed by atoms with Crippen LogP contribution in [0.2, 0.25) is 0 Å². The molecule has 0 saturated carbocycles. The molecule has 3 aromatic carbocycles. The maximum atomic E-state index is 12.5. The second kappa shape index (κ2) is 4.88. The Bertz CT molecular complexity index is 963. The molecule has 0 fully saturated rings. The molecule has 0 aliphatic rings. The first-order chi connectivity index (χ1) is 10.3. The molecule has 0 amide bonds. The smallest absolute Gasteiger partial charge is 0.375 e. The lowest BCUT2D eigenvalue weighted by Crippen LogP contribution is -2.28. The Hall–Kier alpha value is -2.28. The third-order valence-electron chi connectivity index (χ3n) is 3.19. The van der Waals surface area contributed by atoms with Crippen molar-refractivity contribution in [1.29, 1.82) is 0 Å². The van der Waals surface area contributed by atoms with Gasteiger partial charge in [0.1, 0.15) is 0 Å². The number of rotatable bonds is 2. The monoisotopic (exact) mass is 326 g/mol. The molecule has 3 rings (SSSR count). The summed E-state index contributed by atoms with van der Waals surface area (Å²) in [6, 6.07) is 14.9. The summed E-state index contributed by atoms with van der Waals surface area (Å²) in [5.74, 6) is -0.347. The van der Waals surface area contributed by atoms with E-state index in [9.17, 15) is 21.6 Å². The van der Waals surface area contributed by atoms with Crippen LogP contribution in [0.3, 0.4) is 0 Å². The van der Waals surface area contributed by atoms with Gasteiger partial charge in [-0.05, 0) is 34.4 Å². The van der Waals surface area contributed by atoms with E-state index in [-0.39, 0.29) is 5.75 Å². The Morgan fingerprint density at radius 2 is 1.41 bits per heavy atom. The van der Waals surface area contributed by atoms with E-state index in [2.05, 4.69) is 4.18 Å². The molecule has 0 radical (unpaired) electrons. The molecule has 0 aliphatic heterocycles. The van der Waals surface area contributed by atoms with Crippen LogP contribution in [0.1, 0.15) is 0 Å². The molecule has 0 aromatic heterocycles. The van der Waals surface area contributed by atoms with Gasteiger partial charge in [0, 0.05) is 5.39 Å². The van der Waals surface area contributed by atoms with Crippen molar-refractivity contribution in [2.45, 2.75) is 5.51 Å². The highest BCUT2D eigenvalue weighted by atomic mass is 32.2. The van der Waals surface area contributed by atoms with E-state index in [1.54, 1.807) is 30.3 Å². The van der Waals surface area contributed by atoms with E-state index in [0.29, 0.717) is 10.8 Å². The summed E-state index contributed by atoms with van der Waals surface area (Å²) >= 11 is 0. The van der Waals surface area contributed by atoms with Crippen LogP contribution in [0.4, 0.5) is 13.2 Å². The molecule has 0 N–H and O–H groups in total. The van der Waals surface area contributed by atoms with E-state index in [4.69, 9.17) is 0 Å². The molecule has 114 valence electrons. The first-order valence-corrected chi connectivity index (χ1v) is 7.61. The molecular formula is C15H9F3O3S. The van der Waals surface area contributed by atoms with Crippen LogP contribution in [0.25, 0.3) is 21.5 Å². The maximum Gasteiger partial charge on any atom is 0.534 e. The van der Waals surface area contributed by atoms with Crippen LogP contribution in [0.5, 0.6) is 5.75 Å². The second-order valence-electron chi connectivity index (χ2n) is 4.66. The minimum absolute atomic E-state index is 0.300. The normalized spacial score (nSPS) is 12.7. The van der Waals surface area contributed by atoms with Gasteiger partial charge in [-0.1, -0.05) is 36.4 Å². The molecule has 0 atom stereocenters. The Morgan fingerprint density at radius 3 is 2.05 bits per heavy atom. The molecule has 0 aliphatic carbocycles. The molecule has 3 aromatic rings. The fraction of sp³-hybridized carbons (Fsp3) is 0.0667. The van der Waals surface area contributed by atoms with E-state index in [0.717, 1.165) is 10.8 Å². The van der Waals surface area contributed by atoms with Crippen molar-refractivity contribution in [3.63, 3.8) is 0 Å². The van der Waals surface area contributed by atoms with Crippen molar-refractivity contribution in [3.05, 3.63) is 54.6 Å². The summed E-state index contributed by atoms with van der Waals surface area (Å²) in [7, 11) is -5.70. The Labute approximate surface area is 124 Å². The molecule has 3 nitrogen and oxygen atoms in total. The third kappa shape index (κ3) is 2.48. The van der Waals surface area contributed by atoms with E-state index >= 15 is 0 Å². The summed E-state index contributed by atoms with van der Waals surface area (Å²) in [5.41, 5.74) is -5.47.